The van der Waals surface area contributed by atoms with Crippen LogP contribution < -0.4 is 0 Å². The minimum absolute atomic E-state index is 0.0208. The van der Waals surface area contributed by atoms with Gasteiger partial charge in [-0.25, -0.2) is 0 Å². The molecule has 4 nitrogen and oxygen atoms in total. The summed E-state index contributed by atoms with van der Waals surface area (Å²) in [5.41, 5.74) is 0. The summed E-state index contributed by atoms with van der Waals surface area (Å²) in [5.74, 6) is -0.0208. The second-order valence-electron chi connectivity index (χ2n) is 4.07. The first-order valence-corrected chi connectivity index (χ1v) is 6.59. The molecule has 1 heterocycles. The standard InChI is InChI=1S/C10H14ClN3OS/c1-14(8-5-3-2-4-7(8)11)10(15)9-6-12-13-16-9/h6-8H,2-5H2,1H3. The molecular formula is C10H14ClN3OS. The number of rotatable bonds is 2. The van der Waals surface area contributed by atoms with Crippen molar-refractivity contribution < 1.29 is 4.79 Å². The van der Waals surface area contributed by atoms with Crippen molar-refractivity contribution in [2.24, 2.45) is 0 Å². The molecule has 0 bridgehead atoms. The van der Waals surface area contributed by atoms with Crippen molar-refractivity contribution in [3.63, 3.8) is 0 Å². The van der Waals surface area contributed by atoms with E-state index >= 15 is 0 Å². The molecule has 2 rings (SSSR count). The number of amides is 1. The Morgan fingerprint density at radius 1 is 1.56 bits per heavy atom. The van der Waals surface area contributed by atoms with Crippen LogP contribution in [0.3, 0.4) is 0 Å². The van der Waals surface area contributed by atoms with Gasteiger partial charge in [0.25, 0.3) is 5.91 Å². The van der Waals surface area contributed by atoms with E-state index in [9.17, 15) is 4.79 Å². The molecule has 0 aromatic carbocycles. The molecule has 2 atom stereocenters. The van der Waals surface area contributed by atoms with Gasteiger partial charge in [-0.2, -0.15) is 0 Å². The maximum Gasteiger partial charge on any atom is 0.267 e. The van der Waals surface area contributed by atoms with Gasteiger partial charge < -0.3 is 4.90 Å². The van der Waals surface area contributed by atoms with Crippen molar-refractivity contribution in [1.29, 1.82) is 0 Å². The zero-order chi connectivity index (χ0) is 11.5. The smallest absolute Gasteiger partial charge is 0.267 e. The first kappa shape index (κ1) is 11.8. The minimum Gasteiger partial charge on any atom is -0.336 e. The van der Waals surface area contributed by atoms with Crippen LogP contribution in [0.2, 0.25) is 0 Å². The first-order chi connectivity index (χ1) is 7.70. The van der Waals surface area contributed by atoms with E-state index in [1.165, 1.54) is 6.20 Å². The number of carbonyl (C=O) groups is 1. The van der Waals surface area contributed by atoms with E-state index in [1.807, 2.05) is 7.05 Å². The number of halogens is 1. The third kappa shape index (κ3) is 2.35. The normalized spacial score (nSPS) is 25.4. The van der Waals surface area contributed by atoms with Crippen LogP contribution in [0.4, 0.5) is 0 Å². The number of alkyl halides is 1. The maximum atomic E-state index is 12.0. The average molecular weight is 260 g/mol. The zero-order valence-corrected chi connectivity index (χ0v) is 10.7. The molecule has 1 aliphatic rings. The van der Waals surface area contributed by atoms with Crippen LogP contribution in [0.1, 0.15) is 35.4 Å². The molecule has 1 fully saturated rings. The summed E-state index contributed by atoms with van der Waals surface area (Å²) in [6.07, 6.45) is 5.80. The highest BCUT2D eigenvalue weighted by atomic mass is 35.5. The van der Waals surface area contributed by atoms with Crippen LogP contribution >= 0.6 is 23.1 Å². The summed E-state index contributed by atoms with van der Waals surface area (Å²) < 4.78 is 3.70. The molecule has 1 saturated carbocycles. The number of nitrogens with zero attached hydrogens (tertiary/aromatic N) is 3. The van der Waals surface area contributed by atoms with Gasteiger partial charge in [-0.3, -0.25) is 4.79 Å². The summed E-state index contributed by atoms with van der Waals surface area (Å²) in [6.45, 7) is 0. The fraction of sp³-hybridized carbons (Fsp3) is 0.700. The van der Waals surface area contributed by atoms with Crippen LogP contribution in [-0.2, 0) is 0 Å². The minimum atomic E-state index is -0.0208. The molecule has 88 valence electrons. The Morgan fingerprint density at radius 2 is 2.31 bits per heavy atom. The van der Waals surface area contributed by atoms with E-state index in [-0.39, 0.29) is 17.3 Å². The van der Waals surface area contributed by atoms with Crippen molar-refractivity contribution >= 4 is 29.0 Å². The summed E-state index contributed by atoms with van der Waals surface area (Å²) in [5, 5.41) is 3.75. The Bertz CT molecular complexity index is 357. The summed E-state index contributed by atoms with van der Waals surface area (Å²) >= 11 is 7.39. The van der Waals surface area contributed by atoms with Crippen molar-refractivity contribution in [1.82, 2.24) is 14.5 Å². The topological polar surface area (TPSA) is 46.1 Å². The van der Waals surface area contributed by atoms with Crippen LogP contribution in [0.25, 0.3) is 0 Å². The fourth-order valence-electron chi connectivity index (χ4n) is 2.09. The number of carbonyl (C=O) groups excluding carboxylic acids is 1. The van der Waals surface area contributed by atoms with Crippen molar-refractivity contribution in [3.8, 4) is 0 Å². The lowest BCUT2D eigenvalue weighted by Crippen LogP contribution is -2.44. The van der Waals surface area contributed by atoms with Gasteiger partial charge in [0.05, 0.1) is 11.6 Å². The number of hydrogen-bond acceptors (Lipinski definition) is 4. The number of hydrogen-bond donors (Lipinski definition) is 0. The molecule has 0 saturated heterocycles. The molecule has 0 spiro atoms. The Balaban J connectivity index is 2.06. The summed E-state index contributed by atoms with van der Waals surface area (Å²) in [4.78, 5) is 14.4. The molecule has 1 aliphatic carbocycles. The highest BCUT2D eigenvalue weighted by molar-refractivity contribution is 7.07. The number of aromatic nitrogens is 2. The van der Waals surface area contributed by atoms with Crippen LogP contribution in [-0.4, -0.2) is 38.9 Å². The van der Waals surface area contributed by atoms with E-state index in [2.05, 4.69) is 9.59 Å². The predicted octanol–water partition coefficient (Wildman–Crippen LogP) is 2.16. The lowest BCUT2D eigenvalue weighted by Gasteiger charge is -2.34. The second kappa shape index (κ2) is 5.10. The Labute approximate surface area is 104 Å². The molecule has 16 heavy (non-hydrogen) atoms. The Morgan fingerprint density at radius 3 is 2.94 bits per heavy atom. The molecule has 1 aromatic rings. The van der Waals surface area contributed by atoms with E-state index in [0.717, 1.165) is 37.2 Å². The molecule has 1 amide bonds. The Kier molecular flexibility index (Phi) is 3.76. The van der Waals surface area contributed by atoms with Gasteiger partial charge in [0.2, 0.25) is 0 Å². The largest absolute Gasteiger partial charge is 0.336 e. The van der Waals surface area contributed by atoms with Gasteiger partial charge in [-0.05, 0) is 24.4 Å². The average Bonchev–Trinajstić information content (AvgIpc) is 2.81. The van der Waals surface area contributed by atoms with Crippen molar-refractivity contribution in [2.45, 2.75) is 37.1 Å². The van der Waals surface area contributed by atoms with Crippen molar-refractivity contribution in [2.75, 3.05) is 7.05 Å². The molecule has 6 heteroatoms. The quantitative estimate of drug-likeness (QED) is 0.765. The SMILES string of the molecule is CN(C(=O)c1cnns1)C1CCCCC1Cl. The Hall–Kier alpha value is -0.680. The fourth-order valence-corrected chi connectivity index (χ4v) is 3.04. The van der Waals surface area contributed by atoms with Crippen LogP contribution in [0, 0.1) is 0 Å². The van der Waals surface area contributed by atoms with Gasteiger partial charge in [0, 0.05) is 13.1 Å². The molecule has 1 aromatic heterocycles. The molecule has 2 unspecified atom stereocenters. The van der Waals surface area contributed by atoms with Crippen LogP contribution in [0.15, 0.2) is 6.20 Å². The highest BCUT2D eigenvalue weighted by Crippen LogP contribution is 2.27. The lowest BCUT2D eigenvalue weighted by molar-refractivity contribution is 0.0705. The van der Waals surface area contributed by atoms with Gasteiger partial charge in [0.15, 0.2) is 0 Å². The second-order valence-corrected chi connectivity index (χ2v) is 5.41. The predicted molar refractivity (Wildman–Crippen MR) is 63.9 cm³/mol. The monoisotopic (exact) mass is 259 g/mol. The van der Waals surface area contributed by atoms with E-state index in [1.54, 1.807) is 4.90 Å². The van der Waals surface area contributed by atoms with E-state index < -0.39 is 0 Å². The van der Waals surface area contributed by atoms with Gasteiger partial charge in [-0.15, -0.1) is 16.7 Å². The van der Waals surface area contributed by atoms with Gasteiger partial charge in [-0.1, -0.05) is 17.3 Å². The molecule has 0 aliphatic heterocycles. The van der Waals surface area contributed by atoms with Gasteiger partial charge >= 0.3 is 0 Å². The van der Waals surface area contributed by atoms with Gasteiger partial charge in [0.1, 0.15) is 4.88 Å². The van der Waals surface area contributed by atoms with Crippen molar-refractivity contribution in [3.05, 3.63) is 11.1 Å². The molecule has 0 N–H and O–H groups in total. The highest BCUT2D eigenvalue weighted by Gasteiger charge is 2.30. The molecular weight excluding hydrogens is 246 g/mol. The summed E-state index contributed by atoms with van der Waals surface area (Å²) in [7, 11) is 1.81. The zero-order valence-electron chi connectivity index (χ0n) is 9.10. The third-order valence-electron chi connectivity index (χ3n) is 3.04. The van der Waals surface area contributed by atoms with Crippen LogP contribution in [0.5, 0.6) is 0 Å². The van der Waals surface area contributed by atoms with E-state index in [0.29, 0.717) is 4.88 Å². The maximum absolute atomic E-state index is 12.0. The summed E-state index contributed by atoms with van der Waals surface area (Å²) in [6, 6.07) is 0.144. The van der Waals surface area contributed by atoms with E-state index in [4.69, 9.17) is 11.6 Å². The molecule has 0 radical (unpaired) electrons. The third-order valence-corrected chi connectivity index (χ3v) is 4.20. The first-order valence-electron chi connectivity index (χ1n) is 5.38. The lowest BCUT2D eigenvalue weighted by atomic mass is 9.94.